The van der Waals surface area contributed by atoms with Gasteiger partial charge in [-0.25, -0.2) is 4.79 Å². The van der Waals surface area contributed by atoms with Crippen LogP contribution in [0.1, 0.15) is 37.5 Å². The van der Waals surface area contributed by atoms with Gasteiger partial charge in [0.2, 0.25) is 0 Å². The van der Waals surface area contributed by atoms with Crippen LogP contribution in [0.25, 0.3) is 21.9 Å². The Hall–Kier alpha value is -3.19. The SMILES string of the molecule is O=c1nc(Cn2c(=O)n(C3CC3)c3ccccc32)n(CCC2CCOC2)c2ccccc12. The Bertz CT molecular complexity index is 1420. The molecule has 0 bridgehead atoms. The molecular weight excluding hydrogens is 404 g/mol. The first-order valence-corrected chi connectivity index (χ1v) is 11.5. The summed E-state index contributed by atoms with van der Waals surface area (Å²) in [4.78, 5) is 30.7. The number of imidazole rings is 1. The Morgan fingerprint density at radius 1 is 0.906 bits per heavy atom. The van der Waals surface area contributed by atoms with Gasteiger partial charge in [0, 0.05) is 25.8 Å². The van der Waals surface area contributed by atoms with Crippen molar-refractivity contribution in [3.8, 4) is 0 Å². The Balaban J connectivity index is 1.48. The quantitative estimate of drug-likeness (QED) is 0.471. The third kappa shape index (κ3) is 3.28. The summed E-state index contributed by atoms with van der Waals surface area (Å²) < 4.78 is 11.4. The molecule has 3 heterocycles. The summed E-state index contributed by atoms with van der Waals surface area (Å²) in [7, 11) is 0. The molecule has 1 unspecified atom stereocenters. The molecular formula is C25H26N4O3. The molecule has 2 aliphatic rings. The van der Waals surface area contributed by atoms with Crippen LogP contribution in [0.2, 0.25) is 0 Å². The molecule has 2 aromatic carbocycles. The summed E-state index contributed by atoms with van der Waals surface area (Å²) in [5.41, 5.74) is 2.46. The summed E-state index contributed by atoms with van der Waals surface area (Å²) in [6, 6.07) is 15.8. The van der Waals surface area contributed by atoms with Crippen LogP contribution >= 0.6 is 0 Å². The molecule has 7 nitrogen and oxygen atoms in total. The minimum absolute atomic E-state index is 0.0214. The molecule has 1 saturated carbocycles. The first-order valence-electron chi connectivity index (χ1n) is 11.5. The van der Waals surface area contributed by atoms with E-state index in [-0.39, 0.29) is 23.8 Å². The second-order valence-electron chi connectivity index (χ2n) is 8.98. The summed E-state index contributed by atoms with van der Waals surface area (Å²) in [5, 5.41) is 0.617. The molecule has 0 spiro atoms. The van der Waals surface area contributed by atoms with Crippen molar-refractivity contribution in [2.45, 2.75) is 44.8 Å². The van der Waals surface area contributed by atoms with Crippen LogP contribution < -0.4 is 11.2 Å². The highest BCUT2D eigenvalue weighted by Crippen LogP contribution is 2.36. The molecule has 2 fully saturated rings. The van der Waals surface area contributed by atoms with Crippen molar-refractivity contribution in [2.24, 2.45) is 5.92 Å². The average molecular weight is 431 g/mol. The van der Waals surface area contributed by atoms with Gasteiger partial charge in [-0.2, -0.15) is 4.98 Å². The maximum Gasteiger partial charge on any atom is 0.329 e. The predicted molar refractivity (Wildman–Crippen MR) is 123 cm³/mol. The van der Waals surface area contributed by atoms with Gasteiger partial charge in [-0.05, 0) is 55.9 Å². The lowest BCUT2D eigenvalue weighted by molar-refractivity contribution is 0.183. The summed E-state index contributed by atoms with van der Waals surface area (Å²) >= 11 is 0. The van der Waals surface area contributed by atoms with Crippen LogP contribution in [-0.2, 0) is 17.8 Å². The maximum absolute atomic E-state index is 13.4. The number of fused-ring (bicyclic) bond motifs is 2. The number of aromatic nitrogens is 4. The predicted octanol–water partition coefficient (Wildman–Crippen LogP) is 3.32. The van der Waals surface area contributed by atoms with Crippen LogP contribution in [0.3, 0.4) is 0 Å². The maximum atomic E-state index is 13.4. The van der Waals surface area contributed by atoms with Crippen LogP contribution in [0.5, 0.6) is 0 Å². The smallest absolute Gasteiger partial charge is 0.329 e. The molecule has 4 aromatic rings. The van der Waals surface area contributed by atoms with Crippen molar-refractivity contribution >= 4 is 21.9 Å². The molecule has 0 amide bonds. The number of hydrogen-bond acceptors (Lipinski definition) is 4. The number of benzene rings is 2. The number of aryl methyl sites for hydroxylation is 1. The third-order valence-electron chi connectivity index (χ3n) is 6.83. The van der Waals surface area contributed by atoms with Crippen molar-refractivity contribution in [2.75, 3.05) is 13.2 Å². The molecule has 0 radical (unpaired) electrons. The second-order valence-corrected chi connectivity index (χ2v) is 8.98. The summed E-state index contributed by atoms with van der Waals surface area (Å²) in [6.45, 7) is 2.62. The fraction of sp³-hybridized carbons (Fsp3) is 0.400. The van der Waals surface area contributed by atoms with Crippen molar-refractivity contribution in [1.29, 1.82) is 0 Å². The zero-order valence-corrected chi connectivity index (χ0v) is 17.9. The molecule has 1 aliphatic heterocycles. The van der Waals surface area contributed by atoms with E-state index in [0.717, 1.165) is 62.0 Å². The van der Waals surface area contributed by atoms with E-state index in [4.69, 9.17) is 4.74 Å². The van der Waals surface area contributed by atoms with Gasteiger partial charge in [-0.1, -0.05) is 24.3 Å². The topological polar surface area (TPSA) is 71.0 Å². The van der Waals surface area contributed by atoms with Gasteiger partial charge >= 0.3 is 5.69 Å². The average Bonchev–Trinajstić information content (AvgIpc) is 3.42. The minimum atomic E-state index is -0.241. The van der Waals surface area contributed by atoms with Crippen molar-refractivity contribution < 1.29 is 4.74 Å². The van der Waals surface area contributed by atoms with Gasteiger partial charge in [0.25, 0.3) is 5.56 Å². The number of hydrogen-bond donors (Lipinski definition) is 0. The number of rotatable bonds is 6. The van der Waals surface area contributed by atoms with E-state index in [2.05, 4.69) is 9.55 Å². The zero-order chi connectivity index (χ0) is 21.7. The fourth-order valence-electron chi connectivity index (χ4n) is 4.97. The highest BCUT2D eigenvalue weighted by atomic mass is 16.5. The Kier molecular flexibility index (Phi) is 4.72. The highest BCUT2D eigenvalue weighted by molar-refractivity contribution is 5.78. The van der Waals surface area contributed by atoms with E-state index in [1.165, 1.54) is 0 Å². The third-order valence-corrected chi connectivity index (χ3v) is 6.83. The number of nitrogens with zero attached hydrogens (tertiary/aromatic N) is 4. The zero-order valence-electron chi connectivity index (χ0n) is 17.9. The van der Waals surface area contributed by atoms with Gasteiger partial charge in [0.15, 0.2) is 0 Å². The van der Waals surface area contributed by atoms with E-state index >= 15 is 0 Å². The molecule has 1 atom stereocenters. The largest absolute Gasteiger partial charge is 0.381 e. The second kappa shape index (κ2) is 7.74. The molecule has 1 saturated heterocycles. The standard InChI is InChI=1S/C25H26N4O3/c30-24-19-5-1-2-6-20(19)27(13-11-17-12-14-32-16-17)23(26-24)15-28-21-7-3-4-8-22(21)29(25(28)31)18-9-10-18/h1-8,17-18H,9-16H2. The summed E-state index contributed by atoms with van der Waals surface area (Å²) in [6.07, 6.45) is 4.10. The highest BCUT2D eigenvalue weighted by Gasteiger charge is 2.29. The van der Waals surface area contributed by atoms with Crippen molar-refractivity contribution in [1.82, 2.24) is 18.7 Å². The molecule has 32 heavy (non-hydrogen) atoms. The van der Waals surface area contributed by atoms with Crippen molar-refractivity contribution in [3.63, 3.8) is 0 Å². The normalized spacial score (nSPS) is 18.7. The van der Waals surface area contributed by atoms with Crippen LogP contribution in [-0.4, -0.2) is 31.9 Å². The Morgan fingerprint density at radius 3 is 2.41 bits per heavy atom. The lowest BCUT2D eigenvalue weighted by Gasteiger charge is -2.18. The van der Waals surface area contributed by atoms with Crippen LogP contribution in [0.4, 0.5) is 0 Å². The van der Waals surface area contributed by atoms with E-state index in [1.54, 1.807) is 4.57 Å². The van der Waals surface area contributed by atoms with E-state index < -0.39 is 0 Å². The van der Waals surface area contributed by atoms with Gasteiger partial charge in [0.1, 0.15) is 5.82 Å². The number of ether oxygens (including phenoxy) is 1. The first kappa shape index (κ1) is 19.5. The summed E-state index contributed by atoms with van der Waals surface area (Å²) in [5.74, 6) is 1.15. The van der Waals surface area contributed by atoms with E-state index in [9.17, 15) is 9.59 Å². The van der Waals surface area contributed by atoms with Gasteiger partial charge < -0.3 is 9.30 Å². The Morgan fingerprint density at radius 2 is 1.66 bits per heavy atom. The van der Waals surface area contributed by atoms with Crippen LogP contribution in [0.15, 0.2) is 58.1 Å². The van der Waals surface area contributed by atoms with Gasteiger partial charge in [-0.15, -0.1) is 0 Å². The Labute approximate surface area is 184 Å². The minimum Gasteiger partial charge on any atom is -0.381 e. The molecule has 164 valence electrons. The number of para-hydroxylation sites is 3. The lowest BCUT2D eigenvalue weighted by atomic mass is 10.1. The fourth-order valence-corrected chi connectivity index (χ4v) is 4.97. The van der Waals surface area contributed by atoms with Crippen molar-refractivity contribution in [3.05, 3.63) is 75.2 Å². The molecule has 0 N–H and O–H groups in total. The van der Waals surface area contributed by atoms with E-state index in [1.807, 2.05) is 53.1 Å². The van der Waals surface area contributed by atoms with Gasteiger partial charge in [-0.3, -0.25) is 13.9 Å². The molecule has 2 aromatic heterocycles. The van der Waals surface area contributed by atoms with Gasteiger partial charge in [0.05, 0.1) is 28.5 Å². The first-order chi connectivity index (χ1) is 15.7. The monoisotopic (exact) mass is 430 g/mol. The lowest BCUT2D eigenvalue weighted by Crippen LogP contribution is -2.28. The molecule has 1 aliphatic carbocycles. The van der Waals surface area contributed by atoms with Crippen LogP contribution in [0, 0.1) is 5.92 Å². The van der Waals surface area contributed by atoms with E-state index in [0.29, 0.717) is 17.1 Å². The molecule has 7 heteroatoms. The molecule has 6 rings (SSSR count).